The summed E-state index contributed by atoms with van der Waals surface area (Å²) < 4.78 is 26.6. The molecule has 5 nitrogen and oxygen atoms in total. The largest absolute Gasteiger partial charge is 0.386 e. The molecule has 0 spiro atoms. The van der Waals surface area contributed by atoms with E-state index in [0.717, 1.165) is 11.1 Å². The average molecular weight is 269 g/mol. The Hall–Kier alpha value is -1.40. The van der Waals surface area contributed by atoms with E-state index in [0.29, 0.717) is 6.42 Å². The van der Waals surface area contributed by atoms with Crippen molar-refractivity contribution in [3.8, 4) is 0 Å². The number of nitrogens with one attached hydrogen (secondary N) is 2. The molecule has 1 aromatic rings. The standard InChI is InChI=1S/C12H19N3O2S/c1-4-11(12(13)14)15-18(16,17)10-6-5-8(2)9(3)7-10/h5-7,11,15H,4H2,1-3H3,(H3,13,14). The van der Waals surface area contributed by atoms with E-state index in [4.69, 9.17) is 11.1 Å². The molecule has 0 fully saturated rings. The molecule has 0 aliphatic heterocycles. The van der Waals surface area contributed by atoms with Gasteiger partial charge in [0.2, 0.25) is 10.0 Å². The molecule has 0 saturated heterocycles. The van der Waals surface area contributed by atoms with E-state index in [1.165, 1.54) is 0 Å². The van der Waals surface area contributed by atoms with Crippen molar-refractivity contribution in [3.63, 3.8) is 0 Å². The van der Waals surface area contributed by atoms with Gasteiger partial charge in [-0.15, -0.1) is 0 Å². The summed E-state index contributed by atoms with van der Waals surface area (Å²) in [5.41, 5.74) is 7.29. The summed E-state index contributed by atoms with van der Waals surface area (Å²) in [6, 6.07) is 4.28. The molecule has 0 saturated carbocycles. The summed E-state index contributed by atoms with van der Waals surface area (Å²) in [5.74, 6) is -0.176. The highest BCUT2D eigenvalue weighted by molar-refractivity contribution is 7.89. The number of nitrogens with two attached hydrogens (primary N) is 1. The van der Waals surface area contributed by atoms with Crippen LogP contribution < -0.4 is 10.5 Å². The molecule has 4 N–H and O–H groups in total. The molecule has 100 valence electrons. The lowest BCUT2D eigenvalue weighted by Crippen LogP contribution is -2.43. The van der Waals surface area contributed by atoms with Crippen LogP contribution in [0.25, 0.3) is 0 Å². The van der Waals surface area contributed by atoms with Crippen molar-refractivity contribution in [2.75, 3.05) is 0 Å². The van der Waals surface area contributed by atoms with Gasteiger partial charge in [0.1, 0.15) is 5.84 Å². The summed E-state index contributed by atoms with van der Waals surface area (Å²) in [6.45, 7) is 5.55. The molecule has 0 radical (unpaired) electrons. The van der Waals surface area contributed by atoms with Gasteiger partial charge in [0.25, 0.3) is 0 Å². The average Bonchev–Trinajstić information content (AvgIpc) is 2.29. The van der Waals surface area contributed by atoms with Gasteiger partial charge >= 0.3 is 0 Å². The van der Waals surface area contributed by atoms with Crippen LogP contribution in [0.5, 0.6) is 0 Å². The van der Waals surface area contributed by atoms with E-state index in [-0.39, 0.29) is 10.7 Å². The first kappa shape index (κ1) is 14.7. The molecule has 0 aliphatic carbocycles. The second-order valence-electron chi connectivity index (χ2n) is 4.28. The van der Waals surface area contributed by atoms with E-state index in [1.54, 1.807) is 25.1 Å². The van der Waals surface area contributed by atoms with Crippen LogP contribution in [0.15, 0.2) is 23.1 Å². The fraction of sp³-hybridized carbons (Fsp3) is 0.417. The van der Waals surface area contributed by atoms with Gasteiger partial charge in [-0.3, -0.25) is 5.41 Å². The van der Waals surface area contributed by atoms with Crippen LogP contribution in [-0.4, -0.2) is 20.3 Å². The Labute approximate surface area is 108 Å². The van der Waals surface area contributed by atoms with Crippen LogP contribution in [0.3, 0.4) is 0 Å². The van der Waals surface area contributed by atoms with E-state index in [9.17, 15) is 8.42 Å². The molecule has 18 heavy (non-hydrogen) atoms. The zero-order chi connectivity index (χ0) is 13.9. The SMILES string of the molecule is CCC(NS(=O)(=O)c1ccc(C)c(C)c1)C(=N)N. The maximum absolute atomic E-state index is 12.1. The fourth-order valence-electron chi connectivity index (χ4n) is 1.50. The predicted octanol–water partition coefficient (Wildman–Crippen LogP) is 1.30. The molecule has 0 bridgehead atoms. The number of hydrogen-bond donors (Lipinski definition) is 3. The first-order chi connectivity index (χ1) is 8.27. The van der Waals surface area contributed by atoms with Crippen molar-refractivity contribution in [2.24, 2.45) is 5.73 Å². The van der Waals surface area contributed by atoms with Gasteiger partial charge in [0.15, 0.2) is 0 Å². The van der Waals surface area contributed by atoms with Gasteiger partial charge in [0, 0.05) is 0 Å². The van der Waals surface area contributed by atoms with E-state index in [1.807, 2.05) is 13.8 Å². The lowest BCUT2D eigenvalue weighted by Gasteiger charge is -2.16. The highest BCUT2D eigenvalue weighted by atomic mass is 32.2. The van der Waals surface area contributed by atoms with Crippen LogP contribution in [0.2, 0.25) is 0 Å². The Bertz CT molecular complexity index is 552. The molecule has 1 rings (SSSR count). The van der Waals surface area contributed by atoms with Crippen molar-refractivity contribution in [2.45, 2.75) is 38.1 Å². The van der Waals surface area contributed by atoms with Crippen LogP contribution in [-0.2, 0) is 10.0 Å². The lowest BCUT2D eigenvalue weighted by molar-refractivity contribution is 0.571. The molecule has 0 aromatic heterocycles. The van der Waals surface area contributed by atoms with Crippen LogP contribution in [0.4, 0.5) is 0 Å². The Morgan fingerprint density at radius 1 is 1.39 bits per heavy atom. The number of aryl methyl sites for hydroxylation is 2. The van der Waals surface area contributed by atoms with E-state index < -0.39 is 16.1 Å². The van der Waals surface area contributed by atoms with Crippen molar-refractivity contribution < 1.29 is 8.42 Å². The highest BCUT2D eigenvalue weighted by Crippen LogP contribution is 2.15. The molecule has 0 amide bonds. The predicted molar refractivity (Wildman–Crippen MR) is 72.2 cm³/mol. The highest BCUT2D eigenvalue weighted by Gasteiger charge is 2.20. The molecule has 1 unspecified atom stereocenters. The smallest absolute Gasteiger partial charge is 0.241 e. The minimum absolute atomic E-state index is 0.176. The van der Waals surface area contributed by atoms with Crippen LogP contribution in [0.1, 0.15) is 24.5 Å². The summed E-state index contributed by atoms with van der Waals surface area (Å²) in [4.78, 5) is 0.199. The number of hydrogen-bond acceptors (Lipinski definition) is 3. The topological polar surface area (TPSA) is 96.0 Å². The summed E-state index contributed by atoms with van der Waals surface area (Å²) in [6.07, 6.45) is 0.444. The zero-order valence-electron chi connectivity index (χ0n) is 10.8. The van der Waals surface area contributed by atoms with Gasteiger partial charge in [-0.1, -0.05) is 13.0 Å². The van der Waals surface area contributed by atoms with Gasteiger partial charge in [0.05, 0.1) is 10.9 Å². The molecular weight excluding hydrogens is 250 g/mol. The summed E-state index contributed by atoms with van der Waals surface area (Å²) >= 11 is 0. The van der Waals surface area contributed by atoms with Gasteiger partial charge in [-0.05, 0) is 43.5 Å². The Morgan fingerprint density at radius 3 is 2.44 bits per heavy atom. The normalized spacial score (nSPS) is 13.3. The quantitative estimate of drug-likeness (QED) is 0.555. The number of benzene rings is 1. The first-order valence-corrected chi connectivity index (χ1v) is 7.19. The summed E-state index contributed by atoms with van der Waals surface area (Å²) in [5, 5.41) is 7.32. The van der Waals surface area contributed by atoms with Crippen molar-refractivity contribution in [1.29, 1.82) is 5.41 Å². The Balaban J connectivity index is 3.06. The van der Waals surface area contributed by atoms with Crippen LogP contribution >= 0.6 is 0 Å². The second-order valence-corrected chi connectivity index (χ2v) is 6.00. The van der Waals surface area contributed by atoms with Crippen molar-refractivity contribution >= 4 is 15.9 Å². The van der Waals surface area contributed by atoms with Crippen LogP contribution in [0, 0.1) is 19.3 Å². The number of sulfonamides is 1. The Morgan fingerprint density at radius 2 is 2.00 bits per heavy atom. The second kappa shape index (κ2) is 5.49. The van der Waals surface area contributed by atoms with Gasteiger partial charge in [-0.2, -0.15) is 0 Å². The molecule has 1 aromatic carbocycles. The summed E-state index contributed by atoms with van der Waals surface area (Å²) in [7, 11) is -3.63. The first-order valence-electron chi connectivity index (χ1n) is 5.71. The molecule has 0 aliphatic rings. The van der Waals surface area contributed by atoms with E-state index >= 15 is 0 Å². The minimum Gasteiger partial charge on any atom is -0.386 e. The molecule has 6 heteroatoms. The maximum atomic E-state index is 12.1. The van der Waals surface area contributed by atoms with Crippen molar-refractivity contribution in [1.82, 2.24) is 4.72 Å². The molecular formula is C12H19N3O2S. The maximum Gasteiger partial charge on any atom is 0.241 e. The third kappa shape index (κ3) is 3.30. The molecule has 0 heterocycles. The van der Waals surface area contributed by atoms with E-state index in [2.05, 4.69) is 4.72 Å². The van der Waals surface area contributed by atoms with Crippen molar-refractivity contribution in [3.05, 3.63) is 29.3 Å². The minimum atomic E-state index is -3.63. The lowest BCUT2D eigenvalue weighted by atomic mass is 10.1. The Kier molecular flexibility index (Phi) is 4.48. The number of amidine groups is 1. The third-order valence-electron chi connectivity index (χ3n) is 2.87. The van der Waals surface area contributed by atoms with Gasteiger partial charge in [-0.25, -0.2) is 13.1 Å². The number of rotatable bonds is 5. The third-order valence-corrected chi connectivity index (χ3v) is 4.34. The van der Waals surface area contributed by atoms with Gasteiger partial charge < -0.3 is 5.73 Å². The fourth-order valence-corrected chi connectivity index (χ4v) is 2.89. The molecule has 1 atom stereocenters. The monoisotopic (exact) mass is 269 g/mol. The zero-order valence-corrected chi connectivity index (χ0v) is 11.6.